The molecule has 2 N–H and O–H groups in total. The number of rotatable bonds is 3. The van der Waals surface area contributed by atoms with Crippen LogP contribution in [0.1, 0.15) is 53.9 Å². The van der Waals surface area contributed by atoms with E-state index in [0.717, 1.165) is 0 Å². The maximum absolute atomic E-state index is 12.3. The predicted molar refractivity (Wildman–Crippen MR) is 72.2 cm³/mol. The van der Waals surface area contributed by atoms with Crippen molar-refractivity contribution in [2.24, 2.45) is 11.7 Å². The van der Waals surface area contributed by atoms with Gasteiger partial charge in [-0.05, 0) is 47.5 Å². The summed E-state index contributed by atoms with van der Waals surface area (Å²) in [6.45, 7) is 9.08. The highest BCUT2D eigenvalue weighted by atomic mass is 16.2. The van der Waals surface area contributed by atoms with Gasteiger partial charge in [0.1, 0.15) is 5.78 Å². The van der Waals surface area contributed by atoms with Gasteiger partial charge in [-0.25, -0.2) is 0 Å². The van der Waals surface area contributed by atoms with Crippen molar-refractivity contribution in [3.05, 3.63) is 0 Å². The van der Waals surface area contributed by atoms with Gasteiger partial charge >= 0.3 is 0 Å². The van der Waals surface area contributed by atoms with Crippen molar-refractivity contribution < 1.29 is 14.4 Å². The molecule has 0 spiro atoms. The first-order chi connectivity index (χ1) is 8.47. The van der Waals surface area contributed by atoms with Gasteiger partial charge in [0.25, 0.3) is 0 Å². The average molecular weight is 268 g/mol. The molecule has 2 amide bonds. The maximum atomic E-state index is 12.3. The minimum Gasteiger partial charge on any atom is -0.369 e. The molecule has 1 aliphatic heterocycles. The van der Waals surface area contributed by atoms with E-state index < -0.39 is 11.1 Å². The molecule has 0 atom stereocenters. The molecule has 1 rings (SSSR count). The molecule has 0 aromatic rings. The molecule has 0 unspecified atom stereocenters. The molecule has 0 radical (unpaired) electrons. The summed E-state index contributed by atoms with van der Waals surface area (Å²) in [4.78, 5) is 36.7. The smallest absolute Gasteiger partial charge is 0.230 e. The highest BCUT2D eigenvalue weighted by Gasteiger charge is 2.48. The van der Waals surface area contributed by atoms with Gasteiger partial charge < -0.3 is 10.6 Å². The Hall–Kier alpha value is -1.39. The molecule has 19 heavy (non-hydrogen) atoms. The number of Topliss-reactive ketones (excluding diaryl/α,β-unsaturated/α-hetero) is 1. The van der Waals surface area contributed by atoms with Crippen LogP contribution in [0.2, 0.25) is 0 Å². The number of nitrogens with zero attached hydrogens (tertiary/aromatic N) is 1. The van der Waals surface area contributed by atoms with Gasteiger partial charge in [-0.15, -0.1) is 0 Å². The zero-order chi connectivity index (χ0) is 15.0. The van der Waals surface area contributed by atoms with Crippen LogP contribution in [0.25, 0.3) is 0 Å². The summed E-state index contributed by atoms with van der Waals surface area (Å²) in [6, 6.07) is 0. The van der Waals surface area contributed by atoms with Crippen molar-refractivity contribution in [2.45, 2.75) is 65.0 Å². The molecule has 1 fully saturated rings. The number of hydrogen-bond donors (Lipinski definition) is 1. The van der Waals surface area contributed by atoms with Crippen LogP contribution in [0.15, 0.2) is 0 Å². The monoisotopic (exact) mass is 268 g/mol. The molecule has 0 bridgehead atoms. The fourth-order valence-electron chi connectivity index (χ4n) is 3.45. The lowest BCUT2D eigenvalue weighted by Gasteiger charge is -2.54. The third-order valence-corrected chi connectivity index (χ3v) is 3.75. The van der Waals surface area contributed by atoms with Crippen LogP contribution in [0.5, 0.6) is 0 Å². The highest BCUT2D eigenvalue weighted by Crippen LogP contribution is 2.41. The Morgan fingerprint density at radius 2 is 1.53 bits per heavy atom. The molecule has 5 heteroatoms. The lowest BCUT2D eigenvalue weighted by atomic mass is 9.73. The van der Waals surface area contributed by atoms with E-state index in [-0.39, 0.29) is 29.9 Å². The average Bonchev–Trinajstić information content (AvgIpc) is 2.11. The van der Waals surface area contributed by atoms with E-state index in [1.807, 2.05) is 27.7 Å². The van der Waals surface area contributed by atoms with E-state index in [1.54, 1.807) is 4.90 Å². The fraction of sp³-hybridized carbons (Fsp3) is 0.786. The molecular formula is C14H24N2O3. The molecule has 0 aromatic heterocycles. The van der Waals surface area contributed by atoms with Crippen molar-refractivity contribution in [3.8, 4) is 0 Å². The van der Waals surface area contributed by atoms with Crippen LogP contribution in [0, 0.1) is 5.92 Å². The normalized spacial score (nSPS) is 22.1. The van der Waals surface area contributed by atoms with E-state index >= 15 is 0 Å². The highest BCUT2D eigenvalue weighted by molar-refractivity contribution is 5.97. The SMILES string of the molecule is CC(=O)CC(=O)N1C(C)(C)CC(C(N)=O)CC1(C)C. The standard InChI is InChI=1S/C14H24N2O3/c1-9(17)6-11(18)16-13(2,3)7-10(12(15)19)8-14(16,4)5/h10H,6-8H2,1-5H3,(H2,15,19). The first kappa shape index (κ1) is 15.7. The van der Waals surface area contributed by atoms with E-state index in [1.165, 1.54) is 6.92 Å². The molecule has 1 heterocycles. The Kier molecular flexibility index (Phi) is 4.08. The van der Waals surface area contributed by atoms with Crippen molar-refractivity contribution in [2.75, 3.05) is 0 Å². The van der Waals surface area contributed by atoms with Gasteiger partial charge in [-0.3, -0.25) is 14.4 Å². The summed E-state index contributed by atoms with van der Waals surface area (Å²) < 4.78 is 0. The lowest BCUT2D eigenvalue weighted by Crippen LogP contribution is -2.64. The molecular weight excluding hydrogens is 244 g/mol. The van der Waals surface area contributed by atoms with Crippen LogP contribution < -0.4 is 5.73 Å². The Morgan fingerprint density at radius 3 is 1.84 bits per heavy atom. The quantitative estimate of drug-likeness (QED) is 0.782. The number of hydrogen-bond acceptors (Lipinski definition) is 3. The Bertz CT molecular complexity index is 395. The first-order valence-corrected chi connectivity index (χ1v) is 6.59. The van der Waals surface area contributed by atoms with Gasteiger partial charge in [0.05, 0.1) is 6.42 Å². The van der Waals surface area contributed by atoms with E-state index in [0.29, 0.717) is 12.8 Å². The molecule has 0 saturated carbocycles. The number of piperidine rings is 1. The number of ketones is 1. The minimum absolute atomic E-state index is 0.0892. The number of primary amides is 1. The Balaban J connectivity index is 3.06. The molecule has 1 saturated heterocycles. The van der Waals surface area contributed by atoms with Gasteiger partial charge in [-0.2, -0.15) is 0 Å². The largest absolute Gasteiger partial charge is 0.369 e. The molecule has 0 aromatic carbocycles. The second-order valence-corrected chi connectivity index (χ2v) is 6.74. The van der Waals surface area contributed by atoms with Crippen LogP contribution >= 0.6 is 0 Å². The predicted octanol–water partition coefficient (Wildman–Crippen LogP) is 1.25. The first-order valence-electron chi connectivity index (χ1n) is 6.59. The maximum Gasteiger partial charge on any atom is 0.230 e. The lowest BCUT2D eigenvalue weighted by molar-refractivity contribution is -0.156. The molecule has 108 valence electrons. The van der Waals surface area contributed by atoms with Gasteiger partial charge in [0.2, 0.25) is 11.8 Å². The fourth-order valence-corrected chi connectivity index (χ4v) is 3.45. The van der Waals surface area contributed by atoms with Crippen LogP contribution in [-0.2, 0) is 14.4 Å². The van der Waals surface area contributed by atoms with Gasteiger partial charge in [0.15, 0.2) is 0 Å². The van der Waals surface area contributed by atoms with E-state index in [4.69, 9.17) is 5.73 Å². The summed E-state index contributed by atoms with van der Waals surface area (Å²) in [6.07, 6.45) is 0.985. The van der Waals surface area contributed by atoms with E-state index in [9.17, 15) is 14.4 Å². The Morgan fingerprint density at radius 1 is 1.11 bits per heavy atom. The van der Waals surface area contributed by atoms with Crippen molar-refractivity contribution >= 4 is 17.6 Å². The van der Waals surface area contributed by atoms with Gasteiger partial charge in [-0.1, -0.05) is 0 Å². The molecule has 1 aliphatic rings. The topological polar surface area (TPSA) is 80.5 Å². The number of likely N-dealkylation sites (tertiary alicyclic amines) is 1. The summed E-state index contributed by atoms with van der Waals surface area (Å²) >= 11 is 0. The number of carbonyl (C=O) groups is 3. The summed E-state index contributed by atoms with van der Waals surface area (Å²) in [5.41, 5.74) is 4.46. The molecule has 5 nitrogen and oxygen atoms in total. The third-order valence-electron chi connectivity index (χ3n) is 3.75. The second-order valence-electron chi connectivity index (χ2n) is 6.74. The van der Waals surface area contributed by atoms with E-state index in [2.05, 4.69) is 0 Å². The minimum atomic E-state index is -0.478. The number of carbonyl (C=O) groups excluding carboxylic acids is 3. The Labute approximate surface area is 114 Å². The van der Waals surface area contributed by atoms with Crippen LogP contribution in [0.3, 0.4) is 0 Å². The summed E-state index contributed by atoms with van der Waals surface area (Å²) in [5, 5.41) is 0. The third kappa shape index (κ3) is 3.33. The van der Waals surface area contributed by atoms with Crippen molar-refractivity contribution in [1.82, 2.24) is 4.90 Å². The van der Waals surface area contributed by atoms with Crippen molar-refractivity contribution in [1.29, 1.82) is 0 Å². The van der Waals surface area contributed by atoms with Crippen LogP contribution in [0.4, 0.5) is 0 Å². The van der Waals surface area contributed by atoms with Gasteiger partial charge in [0, 0.05) is 17.0 Å². The zero-order valence-corrected chi connectivity index (χ0v) is 12.4. The zero-order valence-electron chi connectivity index (χ0n) is 12.4. The summed E-state index contributed by atoms with van der Waals surface area (Å²) in [7, 11) is 0. The number of amides is 2. The second kappa shape index (κ2) is 4.94. The molecule has 0 aliphatic carbocycles. The number of nitrogens with two attached hydrogens (primary N) is 1. The van der Waals surface area contributed by atoms with Crippen LogP contribution in [-0.4, -0.2) is 33.6 Å². The summed E-state index contributed by atoms with van der Waals surface area (Å²) in [5.74, 6) is -0.870. The van der Waals surface area contributed by atoms with Crippen molar-refractivity contribution in [3.63, 3.8) is 0 Å².